The van der Waals surface area contributed by atoms with E-state index in [1.165, 1.54) is 24.6 Å². The molecule has 0 unspecified atom stereocenters. The standard InChI is InChI=1S/C22H29Cl2N5OS/c1-14-21(31-17-5-2-4-16(23)18(17)24)28-20(26-11-13-30)19(27-14)15-6-9-22(10-7-15)8-3-12-29(22)25/h2,4-5,15,30H,3,6-13,25H2,1H3,(H,26,28). The second kappa shape index (κ2) is 9.81. The van der Waals surface area contributed by atoms with Gasteiger partial charge in [-0.15, -0.1) is 0 Å². The Morgan fingerprint density at radius 3 is 2.71 bits per heavy atom. The lowest BCUT2D eigenvalue weighted by Crippen LogP contribution is -2.50. The minimum Gasteiger partial charge on any atom is -0.395 e. The van der Waals surface area contributed by atoms with Crippen LogP contribution in [0.3, 0.4) is 0 Å². The average molecular weight is 482 g/mol. The third kappa shape index (κ3) is 4.82. The molecule has 0 amide bonds. The Morgan fingerprint density at radius 2 is 2.03 bits per heavy atom. The van der Waals surface area contributed by atoms with E-state index in [1.807, 2.05) is 19.1 Å². The molecule has 2 aliphatic rings. The molecule has 2 aromatic rings. The van der Waals surface area contributed by atoms with E-state index in [0.717, 1.165) is 59.4 Å². The van der Waals surface area contributed by atoms with E-state index in [4.69, 9.17) is 39.0 Å². The molecule has 1 aliphatic heterocycles. The zero-order valence-corrected chi connectivity index (χ0v) is 20.0. The fourth-order valence-electron chi connectivity index (χ4n) is 4.80. The predicted octanol–water partition coefficient (Wildman–Crippen LogP) is 5.01. The van der Waals surface area contributed by atoms with Gasteiger partial charge in [0.05, 0.1) is 28.0 Å². The number of aromatic nitrogens is 2. The summed E-state index contributed by atoms with van der Waals surface area (Å²) in [5.41, 5.74) is 2.02. The normalized spacial score (nSPS) is 24.1. The summed E-state index contributed by atoms with van der Waals surface area (Å²) < 4.78 is 0. The van der Waals surface area contributed by atoms with Crippen molar-refractivity contribution < 1.29 is 5.11 Å². The highest BCUT2D eigenvalue weighted by atomic mass is 35.5. The number of benzene rings is 1. The molecule has 1 aliphatic carbocycles. The number of nitrogens with two attached hydrogens (primary N) is 1. The van der Waals surface area contributed by atoms with Crippen LogP contribution in [0.2, 0.25) is 10.0 Å². The monoisotopic (exact) mass is 481 g/mol. The quantitative estimate of drug-likeness (QED) is 0.499. The van der Waals surface area contributed by atoms with Crippen LogP contribution in [0, 0.1) is 6.92 Å². The summed E-state index contributed by atoms with van der Waals surface area (Å²) in [6.45, 7) is 3.44. The van der Waals surface area contributed by atoms with Crippen LogP contribution >= 0.6 is 35.0 Å². The summed E-state index contributed by atoms with van der Waals surface area (Å²) in [6.07, 6.45) is 6.63. The maximum atomic E-state index is 9.36. The third-order valence-corrected chi connectivity index (χ3v) is 8.61. The molecule has 4 rings (SSSR count). The molecule has 4 N–H and O–H groups in total. The van der Waals surface area contributed by atoms with E-state index in [9.17, 15) is 5.11 Å². The van der Waals surface area contributed by atoms with E-state index in [0.29, 0.717) is 22.5 Å². The molecule has 2 heterocycles. The number of hydrogen-bond donors (Lipinski definition) is 3. The molecule has 9 heteroatoms. The van der Waals surface area contributed by atoms with Crippen molar-refractivity contribution in [2.75, 3.05) is 25.0 Å². The minimum atomic E-state index is 0.0352. The fourth-order valence-corrected chi connectivity index (χ4v) is 6.16. The maximum Gasteiger partial charge on any atom is 0.149 e. The van der Waals surface area contributed by atoms with Gasteiger partial charge in [-0.3, -0.25) is 10.8 Å². The van der Waals surface area contributed by atoms with E-state index in [2.05, 4.69) is 10.3 Å². The molecule has 0 atom stereocenters. The van der Waals surface area contributed by atoms with Gasteiger partial charge in [0.2, 0.25) is 0 Å². The predicted molar refractivity (Wildman–Crippen MR) is 127 cm³/mol. The van der Waals surface area contributed by atoms with Gasteiger partial charge in [0.1, 0.15) is 10.8 Å². The van der Waals surface area contributed by atoms with E-state index in [1.54, 1.807) is 6.07 Å². The highest BCUT2D eigenvalue weighted by molar-refractivity contribution is 7.99. The third-order valence-electron chi connectivity index (χ3n) is 6.53. The molecule has 0 radical (unpaired) electrons. The van der Waals surface area contributed by atoms with Gasteiger partial charge in [-0.2, -0.15) is 0 Å². The van der Waals surface area contributed by atoms with E-state index >= 15 is 0 Å². The molecule has 6 nitrogen and oxygen atoms in total. The van der Waals surface area contributed by atoms with Crippen LogP contribution in [0.25, 0.3) is 0 Å². The van der Waals surface area contributed by atoms with Crippen molar-refractivity contribution >= 4 is 40.8 Å². The molecule has 1 aromatic carbocycles. The number of nitrogens with zero attached hydrogens (tertiary/aromatic N) is 3. The fraction of sp³-hybridized carbons (Fsp3) is 0.545. The van der Waals surface area contributed by atoms with Gasteiger partial charge in [0, 0.05) is 29.4 Å². The van der Waals surface area contributed by atoms with E-state index < -0.39 is 0 Å². The van der Waals surface area contributed by atoms with Gasteiger partial charge in [0.25, 0.3) is 0 Å². The Labute approximate surface area is 197 Å². The molecule has 31 heavy (non-hydrogen) atoms. The smallest absolute Gasteiger partial charge is 0.149 e. The highest BCUT2D eigenvalue weighted by Crippen LogP contribution is 2.46. The molecule has 1 spiro atoms. The second-order valence-electron chi connectivity index (χ2n) is 8.45. The first-order chi connectivity index (χ1) is 14.9. The molecule has 1 saturated heterocycles. The zero-order valence-electron chi connectivity index (χ0n) is 17.7. The molecule has 1 aromatic heterocycles. The van der Waals surface area contributed by atoms with Crippen LogP contribution in [0.4, 0.5) is 5.82 Å². The van der Waals surface area contributed by atoms with Gasteiger partial charge in [-0.25, -0.2) is 9.99 Å². The van der Waals surface area contributed by atoms with Crippen molar-refractivity contribution in [2.45, 2.75) is 66.8 Å². The summed E-state index contributed by atoms with van der Waals surface area (Å²) in [7, 11) is 0. The first-order valence-electron chi connectivity index (χ1n) is 10.8. The number of aliphatic hydroxyl groups excluding tert-OH is 1. The van der Waals surface area contributed by atoms with Gasteiger partial charge in [0.15, 0.2) is 0 Å². The summed E-state index contributed by atoms with van der Waals surface area (Å²) in [5.74, 6) is 7.39. The van der Waals surface area contributed by atoms with Crippen LogP contribution in [0.5, 0.6) is 0 Å². The summed E-state index contributed by atoms with van der Waals surface area (Å²) in [4.78, 5) is 10.7. The Morgan fingerprint density at radius 1 is 1.26 bits per heavy atom. The lowest BCUT2D eigenvalue weighted by Gasteiger charge is -2.41. The van der Waals surface area contributed by atoms with Crippen LogP contribution in [0.1, 0.15) is 55.8 Å². The maximum absolute atomic E-state index is 9.36. The Balaban J connectivity index is 1.59. The summed E-state index contributed by atoms with van der Waals surface area (Å²) >= 11 is 14.0. The number of anilines is 1. The molecular formula is C22H29Cl2N5OS. The van der Waals surface area contributed by atoms with Crippen LogP contribution in [-0.4, -0.2) is 45.3 Å². The molecule has 2 fully saturated rings. The van der Waals surface area contributed by atoms with Crippen LogP contribution < -0.4 is 11.2 Å². The lowest BCUT2D eigenvalue weighted by atomic mass is 9.74. The van der Waals surface area contributed by atoms with Crippen molar-refractivity contribution in [1.29, 1.82) is 0 Å². The number of rotatable bonds is 6. The SMILES string of the molecule is Cc1nc(C2CCC3(CCCN3N)CC2)c(NCCO)nc1Sc1cccc(Cl)c1Cl. The lowest BCUT2D eigenvalue weighted by molar-refractivity contribution is 0.0861. The first kappa shape index (κ1) is 23.1. The minimum absolute atomic E-state index is 0.0352. The van der Waals surface area contributed by atoms with Crippen LogP contribution in [-0.2, 0) is 0 Å². The van der Waals surface area contributed by atoms with Gasteiger partial charge < -0.3 is 10.4 Å². The Hall–Kier alpha value is -1.09. The highest BCUT2D eigenvalue weighted by Gasteiger charge is 2.43. The summed E-state index contributed by atoms with van der Waals surface area (Å²) in [5, 5.41) is 16.5. The Kier molecular flexibility index (Phi) is 7.30. The molecule has 1 saturated carbocycles. The first-order valence-corrected chi connectivity index (χ1v) is 12.4. The van der Waals surface area contributed by atoms with Crippen molar-refractivity contribution in [3.8, 4) is 0 Å². The Bertz CT molecular complexity index is 936. The largest absolute Gasteiger partial charge is 0.395 e. The van der Waals surface area contributed by atoms with Gasteiger partial charge >= 0.3 is 0 Å². The van der Waals surface area contributed by atoms with Gasteiger partial charge in [-0.1, -0.05) is 41.0 Å². The molecule has 0 bridgehead atoms. The van der Waals surface area contributed by atoms with Crippen molar-refractivity contribution in [2.24, 2.45) is 5.84 Å². The van der Waals surface area contributed by atoms with E-state index in [-0.39, 0.29) is 12.1 Å². The van der Waals surface area contributed by atoms with Crippen molar-refractivity contribution in [3.63, 3.8) is 0 Å². The number of nitrogens with one attached hydrogen (secondary N) is 1. The van der Waals surface area contributed by atoms with Gasteiger partial charge in [-0.05, 0) is 57.6 Å². The second-order valence-corrected chi connectivity index (χ2v) is 10.3. The number of hydrogen-bond acceptors (Lipinski definition) is 7. The molecule has 168 valence electrons. The van der Waals surface area contributed by atoms with Crippen molar-refractivity contribution in [1.82, 2.24) is 15.0 Å². The average Bonchev–Trinajstić information content (AvgIpc) is 3.11. The number of hydrazine groups is 1. The number of halogens is 2. The molecular weight excluding hydrogens is 453 g/mol. The summed E-state index contributed by atoms with van der Waals surface area (Å²) in [6, 6.07) is 5.57. The van der Waals surface area contributed by atoms with Crippen molar-refractivity contribution in [3.05, 3.63) is 39.6 Å². The van der Waals surface area contributed by atoms with Crippen LogP contribution in [0.15, 0.2) is 28.1 Å². The topological polar surface area (TPSA) is 87.3 Å². The number of aliphatic hydroxyl groups is 1. The zero-order chi connectivity index (χ0) is 22.0. The number of aryl methyl sites for hydroxylation is 1.